The van der Waals surface area contributed by atoms with Crippen molar-refractivity contribution in [3.05, 3.63) is 115 Å². The van der Waals surface area contributed by atoms with Gasteiger partial charge in [-0.1, -0.05) is 106 Å². The lowest BCUT2D eigenvalue weighted by Gasteiger charge is -2.43. The third kappa shape index (κ3) is 8.48. The maximum Gasteiger partial charge on any atom is 0.261 e. The molecule has 5 nitrogen and oxygen atoms in total. The van der Waals surface area contributed by atoms with Crippen LogP contribution < -0.4 is 15.1 Å². The van der Waals surface area contributed by atoms with Crippen LogP contribution in [0.5, 0.6) is 5.75 Å². The second kappa shape index (κ2) is 15.5. The summed E-state index contributed by atoms with van der Waals surface area (Å²) in [7, 11) is -0.976. The molecule has 0 radical (unpaired) electrons. The fraction of sp³-hybridized carbons (Fsp3) is 0.405. The van der Waals surface area contributed by atoms with Crippen molar-refractivity contribution < 1.29 is 23.4 Å². The first kappa shape index (κ1) is 32.7. The van der Waals surface area contributed by atoms with Crippen LogP contribution in [-0.2, 0) is 25.2 Å². The van der Waals surface area contributed by atoms with Crippen molar-refractivity contribution in [1.29, 1.82) is 0 Å². The molecule has 3 aromatic rings. The van der Waals surface area contributed by atoms with Gasteiger partial charge in [0, 0.05) is 19.4 Å². The van der Waals surface area contributed by atoms with Gasteiger partial charge < -0.3 is 23.4 Å². The normalized spacial score (nSPS) is 18.7. The van der Waals surface area contributed by atoms with E-state index in [1.165, 1.54) is 10.4 Å². The molecule has 0 saturated carbocycles. The van der Waals surface area contributed by atoms with Gasteiger partial charge >= 0.3 is 0 Å². The van der Waals surface area contributed by atoms with E-state index >= 15 is 0 Å². The standard InChI is InChI=1S/C37H48O5Si/c1-7-15-35-36(41-29(2)16-14-25-39-27-30-21-23-31(38-6)24-22-30)26-32(42-35)28-40-43(37(3,4)5,33-17-10-8-11-18-33)34-19-12-9-13-20-34/h7-13,17-24,32,35-36H,1-2,14-16,25-28H2,3-6H3/t32-,35+,36+/m0/s1. The number of ether oxygens (including phenoxy) is 4. The molecule has 6 heteroatoms. The molecule has 0 N–H and O–H groups in total. The van der Waals surface area contributed by atoms with Crippen LogP contribution in [0.1, 0.15) is 52.0 Å². The lowest BCUT2D eigenvalue weighted by Crippen LogP contribution is -2.67. The highest BCUT2D eigenvalue weighted by atomic mass is 28.4. The topological polar surface area (TPSA) is 46.2 Å². The Bertz CT molecular complexity index is 1230. The van der Waals surface area contributed by atoms with Gasteiger partial charge in [0.15, 0.2) is 0 Å². The van der Waals surface area contributed by atoms with Crippen molar-refractivity contribution in [2.24, 2.45) is 0 Å². The zero-order valence-electron chi connectivity index (χ0n) is 26.3. The molecule has 0 aliphatic carbocycles. The number of hydrogen-bond donors (Lipinski definition) is 0. The van der Waals surface area contributed by atoms with Gasteiger partial charge in [-0.05, 0) is 45.9 Å². The van der Waals surface area contributed by atoms with Gasteiger partial charge in [0.1, 0.15) is 11.9 Å². The minimum absolute atomic E-state index is 0.0720. The van der Waals surface area contributed by atoms with Crippen LogP contribution in [0.2, 0.25) is 5.04 Å². The van der Waals surface area contributed by atoms with E-state index in [-0.39, 0.29) is 23.4 Å². The molecule has 1 saturated heterocycles. The van der Waals surface area contributed by atoms with E-state index in [1.807, 2.05) is 30.3 Å². The Morgan fingerprint density at radius 2 is 1.58 bits per heavy atom. The first-order valence-corrected chi connectivity index (χ1v) is 17.2. The first-order valence-electron chi connectivity index (χ1n) is 15.3. The predicted octanol–water partition coefficient (Wildman–Crippen LogP) is 7.20. The summed E-state index contributed by atoms with van der Waals surface area (Å²) in [5.41, 5.74) is 1.12. The van der Waals surface area contributed by atoms with E-state index in [9.17, 15) is 0 Å². The SMILES string of the molecule is C=CC[C@H]1O[C@H](CO[Si](c2ccccc2)(c2ccccc2)C(C)(C)C)C[C@H]1OC(=C)CCCOCc1ccc(OC)cc1. The van der Waals surface area contributed by atoms with Gasteiger partial charge in [-0.15, -0.1) is 6.58 Å². The van der Waals surface area contributed by atoms with Crippen LogP contribution in [0, 0.1) is 0 Å². The Hall–Kier alpha value is -3.16. The zero-order chi connectivity index (χ0) is 30.7. The molecule has 230 valence electrons. The molecule has 1 aliphatic rings. The second-order valence-electron chi connectivity index (χ2n) is 12.2. The van der Waals surface area contributed by atoms with E-state index < -0.39 is 8.32 Å². The van der Waals surface area contributed by atoms with Crippen LogP contribution >= 0.6 is 0 Å². The van der Waals surface area contributed by atoms with Crippen LogP contribution in [0.4, 0.5) is 0 Å². The molecule has 0 aromatic heterocycles. The van der Waals surface area contributed by atoms with Gasteiger partial charge in [0.25, 0.3) is 8.32 Å². The molecule has 0 spiro atoms. The summed E-state index contributed by atoms with van der Waals surface area (Å²) in [5.74, 6) is 1.61. The minimum Gasteiger partial charge on any atom is -0.497 e. The molecular formula is C37H48O5Si. The Morgan fingerprint density at radius 3 is 2.14 bits per heavy atom. The lowest BCUT2D eigenvalue weighted by molar-refractivity contribution is -0.0136. The maximum atomic E-state index is 7.16. The van der Waals surface area contributed by atoms with Gasteiger partial charge in [0.2, 0.25) is 0 Å². The van der Waals surface area contributed by atoms with Gasteiger partial charge in [-0.2, -0.15) is 0 Å². The van der Waals surface area contributed by atoms with Gasteiger partial charge in [-0.25, -0.2) is 0 Å². The summed E-state index contributed by atoms with van der Waals surface area (Å²) in [6, 6.07) is 29.4. The average Bonchev–Trinajstić information content (AvgIpc) is 3.38. The van der Waals surface area contributed by atoms with Crippen molar-refractivity contribution >= 4 is 18.7 Å². The van der Waals surface area contributed by atoms with Crippen LogP contribution in [0.25, 0.3) is 0 Å². The van der Waals surface area contributed by atoms with Crippen molar-refractivity contribution in [3.63, 3.8) is 0 Å². The summed E-state index contributed by atoms with van der Waals surface area (Å²) < 4.78 is 31.2. The zero-order valence-corrected chi connectivity index (χ0v) is 27.3. The second-order valence-corrected chi connectivity index (χ2v) is 16.5. The van der Waals surface area contributed by atoms with E-state index in [2.05, 4.69) is 94.6 Å². The van der Waals surface area contributed by atoms with Crippen LogP contribution in [0.15, 0.2) is 110 Å². The number of rotatable bonds is 16. The molecule has 3 aromatic carbocycles. The smallest absolute Gasteiger partial charge is 0.261 e. The first-order chi connectivity index (χ1) is 20.8. The van der Waals surface area contributed by atoms with Gasteiger partial charge in [-0.3, -0.25) is 0 Å². The Balaban J connectivity index is 1.34. The molecular weight excluding hydrogens is 552 g/mol. The number of hydrogen-bond acceptors (Lipinski definition) is 5. The third-order valence-corrected chi connectivity index (χ3v) is 13.1. The van der Waals surface area contributed by atoms with E-state index in [1.54, 1.807) is 7.11 Å². The van der Waals surface area contributed by atoms with E-state index in [4.69, 9.17) is 23.4 Å². The number of allylic oxidation sites excluding steroid dienone is 1. The highest BCUT2D eigenvalue weighted by molar-refractivity contribution is 6.99. The fourth-order valence-corrected chi connectivity index (χ4v) is 10.5. The maximum absolute atomic E-state index is 7.16. The molecule has 0 amide bonds. The molecule has 3 atom stereocenters. The molecule has 4 rings (SSSR count). The molecule has 43 heavy (non-hydrogen) atoms. The van der Waals surface area contributed by atoms with E-state index in [0.29, 0.717) is 19.8 Å². The number of methoxy groups -OCH3 is 1. The van der Waals surface area contributed by atoms with Crippen LogP contribution in [0.3, 0.4) is 0 Å². The molecule has 1 heterocycles. The van der Waals surface area contributed by atoms with Gasteiger partial charge in [0.05, 0.1) is 38.3 Å². The third-order valence-electron chi connectivity index (χ3n) is 8.07. The van der Waals surface area contributed by atoms with Crippen molar-refractivity contribution in [1.82, 2.24) is 0 Å². The number of benzene rings is 3. The predicted molar refractivity (Wildman–Crippen MR) is 178 cm³/mol. The Morgan fingerprint density at radius 1 is 0.953 bits per heavy atom. The quantitative estimate of drug-likeness (QED) is 0.0753. The highest BCUT2D eigenvalue weighted by Crippen LogP contribution is 2.38. The monoisotopic (exact) mass is 600 g/mol. The lowest BCUT2D eigenvalue weighted by atomic mass is 10.1. The fourth-order valence-electron chi connectivity index (χ4n) is 5.94. The molecule has 1 fully saturated rings. The summed E-state index contributed by atoms with van der Waals surface area (Å²) >= 11 is 0. The average molecular weight is 601 g/mol. The molecule has 0 unspecified atom stereocenters. The summed E-state index contributed by atoms with van der Waals surface area (Å²) in [6.07, 6.45) is 4.73. The van der Waals surface area contributed by atoms with Crippen molar-refractivity contribution in [2.45, 2.75) is 76.4 Å². The van der Waals surface area contributed by atoms with Crippen molar-refractivity contribution in [2.75, 3.05) is 20.3 Å². The largest absolute Gasteiger partial charge is 0.497 e. The van der Waals surface area contributed by atoms with E-state index in [0.717, 1.165) is 42.8 Å². The molecule has 0 bridgehead atoms. The highest BCUT2D eigenvalue weighted by Gasteiger charge is 2.51. The Labute approximate surface area is 259 Å². The summed E-state index contributed by atoms with van der Waals surface area (Å²) in [6.45, 7) is 16.8. The summed E-state index contributed by atoms with van der Waals surface area (Å²) in [5, 5.41) is 2.45. The van der Waals surface area contributed by atoms with Crippen LogP contribution in [-0.4, -0.2) is 47.0 Å². The summed E-state index contributed by atoms with van der Waals surface area (Å²) in [4.78, 5) is 0. The van der Waals surface area contributed by atoms with Crippen molar-refractivity contribution in [3.8, 4) is 5.75 Å². The Kier molecular flexibility index (Phi) is 11.8. The molecule has 1 aliphatic heterocycles. The minimum atomic E-state index is -2.65.